The van der Waals surface area contributed by atoms with E-state index in [-0.39, 0.29) is 23.4 Å². The monoisotopic (exact) mass is 331 g/mol. The molecule has 2 rings (SSSR count). The molecule has 0 aromatic heterocycles. The molecule has 0 unspecified atom stereocenters. The maximum atomic E-state index is 12.2. The molecule has 0 radical (unpaired) electrons. The summed E-state index contributed by atoms with van der Waals surface area (Å²) < 4.78 is 0. The number of likely N-dealkylation sites (tertiary alicyclic amines) is 1. The number of carbonyl (C=O) groups is 2. The SMILES string of the molecule is Cc1ccc(C(=O)NC2CCN(C(=O)NCC(C)(C)C)CC2)cc1. The number of piperidine rings is 1. The second kappa shape index (κ2) is 7.69. The predicted octanol–water partition coefficient (Wildman–Crippen LogP) is 2.94. The smallest absolute Gasteiger partial charge is 0.317 e. The van der Waals surface area contributed by atoms with Gasteiger partial charge in [0.15, 0.2) is 0 Å². The van der Waals surface area contributed by atoms with Crippen LogP contribution in [0.5, 0.6) is 0 Å². The maximum absolute atomic E-state index is 12.2. The van der Waals surface area contributed by atoms with Gasteiger partial charge in [-0.25, -0.2) is 4.79 Å². The molecule has 1 aliphatic rings. The van der Waals surface area contributed by atoms with Crippen molar-refractivity contribution in [3.63, 3.8) is 0 Å². The van der Waals surface area contributed by atoms with Gasteiger partial charge >= 0.3 is 6.03 Å². The van der Waals surface area contributed by atoms with Crippen molar-refractivity contribution in [2.24, 2.45) is 5.41 Å². The number of urea groups is 1. The first-order valence-electron chi connectivity index (χ1n) is 8.65. The molecule has 0 bridgehead atoms. The molecule has 1 saturated heterocycles. The molecule has 1 aliphatic heterocycles. The molecule has 24 heavy (non-hydrogen) atoms. The molecule has 1 aromatic carbocycles. The summed E-state index contributed by atoms with van der Waals surface area (Å²) in [6.45, 7) is 10.3. The third-order valence-electron chi connectivity index (χ3n) is 4.20. The van der Waals surface area contributed by atoms with Gasteiger partial charge in [-0.1, -0.05) is 38.5 Å². The van der Waals surface area contributed by atoms with Gasteiger partial charge in [0.05, 0.1) is 0 Å². The zero-order valence-corrected chi connectivity index (χ0v) is 15.2. The molecule has 0 atom stereocenters. The Kier molecular flexibility index (Phi) is 5.86. The van der Waals surface area contributed by atoms with Gasteiger partial charge in [0.25, 0.3) is 5.91 Å². The number of hydrogen-bond acceptors (Lipinski definition) is 2. The molecule has 1 fully saturated rings. The zero-order valence-electron chi connectivity index (χ0n) is 15.2. The van der Waals surface area contributed by atoms with E-state index < -0.39 is 0 Å². The van der Waals surface area contributed by atoms with Gasteiger partial charge in [-0.15, -0.1) is 0 Å². The number of aryl methyl sites for hydroxylation is 1. The second-order valence-corrected chi connectivity index (χ2v) is 7.82. The minimum absolute atomic E-state index is 0.00626. The number of amides is 3. The van der Waals surface area contributed by atoms with Gasteiger partial charge in [0.2, 0.25) is 0 Å². The van der Waals surface area contributed by atoms with Crippen LogP contribution in [-0.2, 0) is 0 Å². The molecule has 2 N–H and O–H groups in total. The number of nitrogens with one attached hydrogen (secondary N) is 2. The third-order valence-corrected chi connectivity index (χ3v) is 4.20. The summed E-state index contributed by atoms with van der Waals surface area (Å²) in [5.74, 6) is -0.0364. The summed E-state index contributed by atoms with van der Waals surface area (Å²) in [6.07, 6.45) is 1.58. The van der Waals surface area contributed by atoms with Crippen LogP contribution in [0.2, 0.25) is 0 Å². The molecule has 132 valence electrons. The lowest BCUT2D eigenvalue weighted by Gasteiger charge is -2.33. The molecule has 3 amide bonds. The lowest BCUT2D eigenvalue weighted by Crippen LogP contribution is -2.50. The Morgan fingerprint density at radius 3 is 2.25 bits per heavy atom. The molecule has 1 heterocycles. The molecular weight excluding hydrogens is 302 g/mol. The number of rotatable bonds is 3. The van der Waals surface area contributed by atoms with Crippen molar-refractivity contribution >= 4 is 11.9 Å². The van der Waals surface area contributed by atoms with E-state index in [0.717, 1.165) is 18.4 Å². The van der Waals surface area contributed by atoms with Crippen molar-refractivity contribution in [1.29, 1.82) is 0 Å². The summed E-state index contributed by atoms with van der Waals surface area (Å²) in [4.78, 5) is 26.2. The van der Waals surface area contributed by atoms with Crippen LogP contribution in [0.1, 0.15) is 49.5 Å². The Bertz CT molecular complexity index is 567. The Labute approximate surface area is 144 Å². The fourth-order valence-electron chi connectivity index (χ4n) is 2.65. The van der Waals surface area contributed by atoms with Crippen LogP contribution in [0, 0.1) is 12.3 Å². The van der Waals surface area contributed by atoms with Gasteiger partial charge in [0, 0.05) is 31.2 Å². The minimum atomic E-state index is -0.0364. The highest BCUT2D eigenvalue weighted by atomic mass is 16.2. The first-order valence-corrected chi connectivity index (χ1v) is 8.65. The van der Waals surface area contributed by atoms with Gasteiger partial charge in [-0.3, -0.25) is 4.79 Å². The summed E-state index contributed by atoms with van der Waals surface area (Å²) in [5, 5.41) is 6.05. The highest BCUT2D eigenvalue weighted by Crippen LogP contribution is 2.14. The van der Waals surface area contributed by atoms with Crippen LogP contribution < -0.4 is 10.6 Å². The standard InChI is InChI=1S/C19H29N3O2/c1-14-5-7-15(8-6-14)17(23)21-16-9-11-22(12-10-16)18(24)20-13-19(2,3)4/h5-8,16H,9-13H2,1-4H3,(H,20,24)(H,21,23). The van der Waals surface area contributed by atoms with Crippen molar-refractivity contribution in [2.75, 3.05) is 19.6 Å². The molecule has 5 nitrogen and oxygen atoms in total. The Hall–Kier alpha value is -2.04. The normalized spacial score (nSPS) is 15.9. The maximum Gasteiger partial charge on any atom is 0.317 e. The van der Waals surface area contributed by atoms with E-state index in [2.05, 4.69) is 31.4 Å². The lowest BCUT2D eigenvalue weighted by atomic mass is 9.97. The van der Waals surface area contributed by atoms with Gasteiger partial charge in [-0.2, -0.15) is 0 Å². The number of nitrogens with zero attached hydrogens (tertiary/aromatic N) is 1. The molecule has 0 aliphatic carbocycles. The second-order valence-electron chi connectivity index (χ2n) is 7.82. The van der Waals surface area contributed by atoms with Crippen LogP contribution >= 0.6 is 0 Å². The molecule has 0 spiro atoms. The van der Waals surface area contributed by atoms with Crippen LogP contribution in [-0.4, -0.2) is 42.5 Å². The van der Waals surface area contributed by atoms with E-state index in [1.54, 1.807) is 0 Å². The molecule has 1 aromatic rings. The van der Waals surface area contributed by atoms with E-state index in [4.69, 9.17) is 0 Å². The van der Waals surface area contributed by atoms with Crippen LogP contribution in [0.3, 0.4) is 0 Å². The zero-order chi connectivity index (χ0) is 17.7. The first kappa shape index (κ1) is 18.3. The van der Waals surface area contributed by atoms with Gasteiger partial charge < -0.3 is 15.5 Å². The van der Waals surface area contributed by atoms with E-state index in [9.17, 15) is 9.59 Å². The number of carbonyl (C=O) groups excluding carboxylic acids is 2. The fourth-order valence-corrected chi connectivity index (χ4v) is 2.65. The highest BCUT2D eigenvalue weighted by molar-refractivity contribution is 5.94. The van der Waals surface area contributed by atoms with Crippen LogP contribution in [0.15, 0.2) is 24.3 Å². The largest absolute Gasteiger partial charge is 0.349 e. The Morgan fingerprint density at radius 2 is 1.71 bits per heavy atom. The van der Waals surface area contributed by atoms with Crippen molar-refractivity contribution in [3.05, 3.63) is 35.4 Å². The van der Waals surface area contributed by atoms with Crippen molar-refractivity contribution in [1.82, 2.24) is 15.5 Å². The highest BCUT2D eigenvalue weighted by Gasteiger charge is 2.24. The fraction of sp³-hybridized carbons (Fsp3) is 0.579. The van der Waals surface area contributed by atoms with Crippen molar-refractivity contribution in [2.45, 2.75) is 46.6 Å². The predicted molar refractivity (Wildman–Crippen MR) is 96.1 cm³/mol. The van der Waals surface area contributed by atoms with Crippen molar-refractivity contribution in [3.8, 4) is 0 Å². The summed E-state index contributed by atoms with van der Waals surface area (Å²) in [7, 11) is 0. The van der Waals surface area contributed by atoms with Crippen LogP contribution in [0.25, 0.3) is 0 Å². The van der Waals surface area contributed by atoms with Crippen LogP contribution in [0.4, 0.5) is 4.79 Å². The van der Waals surface area contributed by atoms with Gasteiger partial charge in [-0.05, 0) is 37.3 Å². The molecular formula is C19H29N3O2. The number of hydrogen-bond donors (Lipinski definition) is 2. The third kappa shape index (κ3) is 5.55. The average Bonchev–Trinajstić information content (AvgIpc) is 2.53. The van der Waals surface area contributed by atoms with E-state index in [1.807, 2.05) is 36.1 Å². The van der Waals surface area contributed by atoms with E-state index >= 15 is 0 Å². The van der Waals surface area contributed by atoms with E-state index in [1.165, 1.54) is 0 Å². The first-order chi connectivity index (χ1) is 11.2. The number of benzene rings is 1. The van der Waals surface area contributed by atoms with E-state index in [0.29, 0.717) is 25.2 Å². The summed E-state index contributed by atoms with van der Waals surface area (Å²) in [5.41, 5.74) is 1.91. The van der Waals surface area contributed by atoms with Gasteiger partial charge in [0.1, 0.15) is 0 Å². The average molecular weight is 331 g/mol. The quantitative estimate of drug-likeness (QED) is 0.894. The molecule has 0 saturated carbocycles. The summed E-state index contributed by atoms with van der Waals surface area (Å²) >= 11 is 0. The minimum Gasteiger partial charge on any atom is -0.349 e. The Morgan fingerprint density at radius 1 is 1.12 bits per heavy atom. The topological polar surface area (TPSA) is 61.4 Å². The summed E-state index contributed by atoms with van der Waals surface area (Å²) in [6, 6.07) is 7.70. The lowest BCUT2D eigenvalue weighted by molar-refractivity contribution is 0.0917. The Balaban J connectivity index is 1.77. The van der Waals surface area contributed by atoms with Crippen molar-refractivity contribution < 1.29 is 9.59 Å². The molecule has 5 heteroatoms.